The monoisotopic (exact) mass is 111 g/mol. The molecule has 0 saturated heterocycles. The van der Waals surface area contributed by atoms with Gasteiger partial charge >= 0.3 is 7.32 Å². The second-order valence-corrected chi connectivity index (χ2v) is 0.415. The van der Waals surface area contributed by atoms with Crippen LogP contribution in [-0.4, -0.2) is 22.4 Å². The average Bonchev–Trinajstić information content (AvgIpc) is 1.33. The molecular formula is H3BFNO4. The lowest BCUT2D eigenvalue weighted by Crippen LogP contribution is -2.07. The number of nitrogens with zero attached hydrogens (tertiary/aromatic N) is 1. The van der Waals surface area contributed by atoms with Crippen LogP contribution in [0.1, 0.15) is 0 Å². The Kier molecular flexibility index (Phi) is 12.6. The Morgan fingerprint density at radius 3 is 1.43 bits per heavy atom. The molecule has 0 aromatic rings. The number of hydrogen-bond donors (Lipinski definition) is 3. The third kappa shape index (κ3) is 240. The van der Waals surface area contributed by atoms with Crippen molar-refractivity contribution in [1.82, 2.24) is 0 Å². The van der Waals surface area contributed by atoms with E-state index in [1.165, 1.54) is 0 Å². The summed E-state index contributed by atoms with van der Waals surface area (Å²) in [6, 6.07) is 0. The molecule has 42 valence electrons. The zero-order valence-electron chi connectivity index (χ0n) is 3.15. The van der Waals surface area contributed by atoms with Gasteiger partial charge in [0.05, 0.1) is 0 Å². The van der Waals surface area contributed by atoms with Crippen molar-refractivity contribution < 1.29 is 19.6 Å². The van der Waals surface area contributed by atoms with Gasteiger partial charge in [-0.3, -0.25) is 0 Å². The third-order valence-corrected chi connectivity index (χ3v) is 0. The summed E-state index contributed by atoms with van der Waals surface area (Å²) >= 11 is 0. The molecule has 0 spiro atoms. The van der Waals surface area contributed by atoms with Crippen LogP contribution in [0.2, 0.25) is 0 Å². The largest absolute Gasteiger partial charge is 0.631 e. The summed E-state index contributed by atoms with van der Waals surface area (Å²) in [4.78, 5) is 7.89. The van der Waals surface area contributed by atoms with E-state index in [2.05, 4.69) is 0 Å². The summed E-state index contributed by atoms with van der Waals surface area (Å²) in [7, 11) is -2.17. The first kappa shape index (κ1) is 9.69. The average molecular weight is 111 g/mol. The van der Waals surface area contributed by atoms with E-state index in [-0.39, 0.29) is 0 Å². The van der Waals surface area contributed by atoms with E-state index in [9.17, 15) is 4.48 Å². The first-order valence-corrected chi connectivity index (χ1v) is 1.13. The van der Waals surface area contributed by atoms with E-state index >= 15 is 0 Å². The Bertz CT molecular complexity index is 35.9. The maximum atomic E-state index is 9.36. The number of rotatable bonds is 0. The van der Waals surface area contributed by atoms with Crippen molar-refractivity contribution in [3.63, 3.8) is 0 Å². The van der Waals surface area contributed by atoms with Gasteiger partial charge in [0.2, 0.25) is 0 Å². The quantitative estimate of drug-likeness (QED) is 0.264. The van der Waals surface area contributed by atoms with Crippen LogP contribution in [-0.2, 0) is 0 Å². The minimum atomic E-state index is -2.17. The first-order valence-electron chi connectivity index (χ1n) is 1.13. The Balaban J connectivity index is 0. The predicted octanol–water partition coefficient (Wildman–Crippen LogP) is -1.41. The first-order chi connectivity index (χ1) is 3.15. The van der Waals surface area contributed by atoms with E-state index in [4.69, 9.17) is 20.0 Å². The van der Waals surface area contributed by atoms with Crippen LogP contribution in [0.4, 0.5) is 4.48 Å². The smallest absolute Gasteiger partial charge is 0.402 e. The summed E-state index contributed by atoms with van der Waals surface area (Å²) < 4.78 is 9.36. The fraction of sp³-hybridized carbons (Fsp3) is 0. The molecule has 0 aromatic heterocycles. The Labute approximate surface area is 38.5 Å². The molecule has 7 heavy (non-hydrogen) atoms. The molecule has 0 aliphatic heterocycles. The molecule has 3 N–H and O–H groups in total. The minimum absolute atomic E-state index is 0.750. The van der Waals surface area contributed by atoms with Gasteiger partial charge in [-0.25, -0.2) is 0 Å². The summed E-state index contributed by atoms with van der Waals surface area (Å²) in [5.74, 6) is 0. The molecule has 0 fully saturated rings. The van der Waals surface area contributed by atoms with Gasteiger partial charge in [0.15, 0.2) is 0 Å². The van der Waals surface area contributed by atoms with Crippen molar-refractivity contribution in [2.45, 2.75) is 0 Å². The molecule has 0 amide bonds. The van der Waals surface area contributed by atoms with Crippen LogP contribution in [0.3, 0.4) is 0 Å². The summed E-state index contributed by atoms with van der Waals surface area (Å²) in [6.07, 6.45) is 0. The fourth-order valence-corrected chi connectivity index (χ4v) is 0. The van der Waals surface area contributed by atoms with Gasteiger partial charge < -0.3 is 15.1 Å². The van der Waals surface area contributed by atoms with Crippen LogP contribution < -0.4 is 0 Å². The molecule has 0 heterocycles. The standard InChI is InChI=1S/BH3O3.FNO/c2-1(3)4;1-2-3/h2-4H;. The maximum Gasteiger partial charge on any atom is 0.631 e. The van der Waals surface area contributed by atoms with Crippen LogP contribution in [0.15, 0.2) is 5.40 Å². The molecule has 0 bridgehead atoms. The van der Waals surface area contributed by atoms with Crippen molar-refractivity contribution in [3.05, 3.63) is 4.91 Å². The number of hydrogen-bond acceptors (Lipinski definition) is 5. The van der Waals surface area contributed by atoms with E-state index in [0.29, 0.717) is 0 Å². The van der Waals surface area contributed by atoms with Gasteiger partial charge in [0.1, 0.15) is 5.40 Å². The van der Waals surface area contributed by atoms with E-state index < -0.39 is 7.32 Å². The van der Waals surface area contributed by atoms with Gasteiger partial charge in [0.25, 0.3) is 0 Å². The van der Waals surface area contributed by atoms with Gasteiger partial charge in [-0.1, -0.05) is 0 Å². The molecule has 0 unspecified atom stereocenters. The Morgan fingerprint density at radius 1 is 1.43 bits per heavy atom. The molecule has 7 heteroatoms. The highest BCUT2D eigenvalue weighted by atomic mass is 19.2. The molecule has 0 radical (unpaired) electrons. The molecule has 0 aliphatic carbocycles. The van der Waals surface area contributed by atoms with Crippen molar-refractivity contribution >= 4 is 7.32 Å². The second-order valence-electron chi connectivity index (χ2n) is 0.415. The van der Waals surface area contributed by atoms with Crippen molar-refractivity contribution in [2.24, 2.45) is 5.40 Å². The van der Waals surface area contributed by atoms with E-state index in [1.807, 2.05) is 0 Å². The topological polar surface area (TPSA) is 90.1 Å². The van der Waals surface area contributed by atoms with Crippen LogP contribution in [0, 0.1) is 4.91 Å². The molecule has 0 atom stereocenters. The van der Waals surface area contributed by atoms with E-state index in [0.717, 1.165) is 5.40 Å². The Hall–Kier alpha value is -0.525. The van der Waals surface area contributed by atoms with Crippen LogP contribution >= 0.6 is 0 Å². The Morgan fingerprint density at radius 2 is 1.43 bits per heavy atom. The SMILES string of the molecule is O=NF.OB(O)O. The minimum Gasteiger partial charge on any atom is -0.402 e. The predicted molar refractivity (Wildman–Crippen MR) is 19.3 cm³/mol. The molecule has 0 aliphatic rings. The fourth-order valence-electron chi connectivity index (χ4n) is 0. The van der Waals surface area contributed by atoms with Crippen molar-refractivity contribution in [2.75, 3.05) is 0 Å². The van der Waals surface area contributed by atoms with E-state index in [1.54, 1.807) is 0 Å². The second kappa shape index (κ2) is 9.08. The van der Waals surface area contributed by atoms with Gasteiger partial charge in [-0.05, 0) is 4.48 Å². The number of halogens is 1. The summed E-state index contributed by atoms with van der Waals surface area (Å²) in [6.45, 7) is 0. The lowest BCUT2D eigenvalue weighted by atomic mass is 10.3. The summed E-state index contributed by atoms with van der Waals surface area (Å²) in [5, 5.41) is 22.2. The summed E-state index contributed by atoms with van der Waals surface area (Å²) in [5.41, 5.74) is 0. The lowest BCUT2D eigenvalue weighted by molar-refractivity contribution is 0.278. The van der Waals surface area contributed by atoms with Gasteiger partial charge in [-0.15, -0.1) is 4.91 Å². The lowest BCUT2D eigenvalue weighted by Gasteiger charge is -1.69. The molecule has 0 rings (SSSR count). The maximum absolute atomic E-state index is 9.36. The molecule has 5 nitrogen and oxygen atoms in total. The normalized spacial score (nSPS) is 5.71. The molecule has 0 saturated carbocycles. The highest BCUT2D eigenvalue weighted by molar-refractivity contribution is 6.30. The molecule has 0 aromatic carbocycles. The van der Waals surface area contributed by atoms with Crippen LogP contribution in [0.25, 0.3) is 0 Å². The van der Waals surface area contributed by atoms with Gasteiger partial charge in [0, 0.05) is 0 Å². The van der Waals surface area contributed by atoms with Crippen molar-refractivity contribution in [3.8, 4) is 0 Å². The van der Waals surface area contributed by atoms with Crippen molar-refractivity contribution in [1.29, 1.82) is 0 Å². The van der Waals surface area contributed by atoms with Crippen LogP contribution in [0.5, 0.6) is 0 Å². The van der Waals surface area contributed by atoms with Gasteiger partial charge in [-0.2, -0.15) is 0 Å². The molecular weight excluding hydrogens is 108 g/mol. The highest BCUT2D eigenvalue weighted by Gasteiger charge is 1.92. The zero-order valence-corrected chi connectivity index (χ0v) is 3.15. The number of nitroso groups, excluding NO2 is 1. The highest BCUT2D eigenvalue weighted by Crippen LogP contribution is 1.48. The zero-order chi connectivity index (χ0) is 6.28. The third-order valence-electron chi connectivity index (χ3n) is 0.